The Labute approximate surface area is 157 Å². The van der Waals surface area contributed by atoms with Crippen LogP contribution in [0.15, 0.2) is 114 Å². The number of fused-ring (bicyclic) bond motifs is 1. The van der Waals surface area contributed by atoms with Gasteiger partial charge in [0.2, 0.25) is 0 Å². The van der Waals surface area contributed by atoms with Crippen molar-refractivity contribution in [3.8, 4) is 0 Å². The van der Waals surface area contributed by atoms with E-state index in [1.165, 1.54) is 4.68 Å². The third-order valence-electron chi connectivity index (χ3n) is 4.34. The Morgan fingerprint density at radius 3 is 2.30 bits per heavy atom. The van der Waals surface area contributed by atoms with E-state index in [4.69, 9.17) is 0 Å². The lowest BCUT2D eigenvalue weighted by Crippen LogP contribution is -2.21. The van der Waals surface area contributed by atoms with Gasteiger partial charge in [0, 0.05) is 5.39 Å². The van der Waals surface area contributed by atoms with Crippen LogP contribution in [0.1, 0.15) is 5.56 Å². The molecule has 0 fully saturated rings. The molecule has 0 saturated carbocycles. The average molecular weight is 350 g/mol. The minimum absolute atomic E-state index is 0.127. The Hall–Kier alpha value is -3.72. The molecule has 0 bridgehead atoms. The zero-order valence-corrected chi connectivity index (χ0v) is 14.7. The maximum absolute atomic E-state index is 12.9. The van der Waals surface area contributed by atoms with Crippen molar-refractivity contribution in [1.29, 1.82) is 0 Å². The second-order valence-corrected chi connectivity index (χ2v) is 6.13. The summed E-state index contributed by atoms with van der Waals surface area (Å²) in [7, 11) is 0. The fraction of sp³-hybridized carbons (Fsp3) is 0. The van der Waals surface area contributed by atoms with Gasteiger partial charge in [-0.15, -0.1) is 0 Å². The summed E-state index contributed by atoms with van der Waals surface area (Å²) in [6.45, 7) is 0. The van der Waals surface area contributed by atoms with Gasteiger partial charge in [-0.3, -0.25) is 4.79 Å². The van der Waals surface area contributed by atoms with E-state index >= 15 is 0 Å². The Kier molecular flexibility index (Phi) is 4.75. The fourth-order valence-electron chi connectivity index (χ4n) is 2.97. The van der Waals surface area contributed by atoms with Gasteiger partial charge in [0.15, 0.2) is 0 Å². The third-order valence-corrected chi connectivity index (χ3v) is 4.34. The molecule has 27 heavy (non-hydrogen) atoms. The lowest BCUT2D eigenvalue weighted by molar-refractivity contribution is 0.847. The van der Waals surface area contributed by atoms with Gasteiger partial charge < -0.3 is 0 Å². The van der Waals surface area contributed by atoms with Crippen molar-refractivity contribution in [3.05, 3.63) is 125 Å². The van der Waals surface area contributed by atoms with Crippen molar-refractivity contribution in [1.82, 2.24) is 9.78 Å². The molecule has 0 amide bonds. The summed E-state index contributed by atoms with van der Waals surface area (Å²) in [6, 6.07) is 5.86. The molecule has 130 valence electrons. The molecule has 0 aliphatic heterocycles. The third kappa shape index (κ3) is 3.62. The molecule has 1 heterocycles. The largest absolute Gasteiger partial charge is 0.279 e. The number of rotatable bonds is 2. The first-order valence-electron chi connectivity index (χ1n) is 8.79. The standard InChI is InChI=1S/C24H18N2O/c27-24-23-16-15-20(19-11-7-3-1-4-8-12-19)17-21(23)18-25-26(24)22-13-9-5-2-6-10-14-22/h1-18H/b3-1-,4-1?,5-2-,6-2?,7-3?,8-4-,9-5?,10-6-,11-7-,12-8?,13-9-,14-10?,19-11?,19-12+,22-13?,22-14+. The van der Waals surface area contributed by atoms with Gasteiger partial charge in [-0.1, -0.05) is 79.0 Å². The van der Waals surface area contributed by atoms with Crippen LogP contribution < -0.4 is 5.56 Å². The molecule has 2 aromatic rings. The molecule has 0 N–H and O–H groups in total. The van der Waals surface area contributed by atoms with Gasteiger partial charge in [0.25, 0.3) is 5.56 Å². The van der Waals surface area contributed by atoms with E-state index < -0.39 is 0 Å². The monoisotopic (exact) mass is 350 g/mol. The summed E-state index contributed by atoms with van der Waals surface area (Å²) in [5.74, 6) is 0. The minimum atomic E-state index is -0.127. The van der Waals surface area contributed by atoms with E-state index in [-0.39, 0.29) is 5.56 Å². The number of benzene rings is 1. The second-order valence-electron chi connectivity index (χ2n) is 6.13. The van der Waals surface area contributed by atoms with Crippen molar-refractivity contribution in [2.24, 2.45) is 0 Å². The lowest BCUT2D eigenvalue weighted by atomic mass is 10.0. The highest BCUT2D eigenvalue weighted by atomic mass is 16.1. The number of hydrogen-bond acceptors (Lipinski definition) is 2. The van der Waals surface area contributed by atoms with E-state index in [1.807, 2.05) is 91.1 Å². The summed E-state index contributed by atoms with van der Waals surface area (Å²) >= 11 is 0. The van der Waals surface area contributed by atoms with E-state index in [0.29, 0.717) is 5.39 Å². The molecule has 0 atom stereocenters. The smallest absolute Gasteiger partial charge is 0.267 e. The first-order valence-corrected chi connectivity index (χ1v) is 8.79. The molecular formula is C24H18N2O. The SMILES string of the molecule is O=c1c2ccc(C3=C/C=C\C=C/C=C\3)cc2cnn1C1=C/C=C\C=C/C=C\1. The molecule has 0 saturated heterocycles. The maximum Gasteiger partial charge on any atom is 0.279 e. The Morgan fingerprint density at radius 2 is 1.44 bits per heavy atom. The van der Waals surface area contributed by atoms with E-state index in [9.17, 15) is 4.79 Å². The fourth-order valence-corrected chi connectivity index (χ4v) is 2.97. The van der Waals surface area contributed by atoms with Crippen LogP contribution in [0.5, 0.6) is 0 Å². The molecular weight excluding hydrogens is 332 g/mol. The Bertz CT molecular complexity index is 1180. The minimum Gasteiger partial charge on any atom is -0.267 e. The van der Waals surface area contributed by atoms with Gasteiger partial charge in [-0.2, -0.15) is 9.78 Å². The number of nitrogens with zero attached hydrogens (tertiary/aromatic N) is 2. The predicted molar refractivity (Wildman–Crippen MR) is 113 cm³/mol. The van der Waals surface area contributed by atoms with Gasteiger partial charge in [-0.25, -0.2) is 0 Å². The predicted octanol–water partition coefficient (Wildman–Crippen LogP) is 4.99. The van der Waals surface area contributed by atoms with Crippen molar-refractivity contribution >= 4 is 22.0 Å². The van der Waals surface area contributed by atoms with Crippen LogP contribution in [-0.4, -0.2) is 9.78 Å². The average Bonchev–Trinajstić information content (AvgIpc) is 2.62. The summed E-state index contributed by atoms with van der Waals surface area (Å²) in [6.07, 6.45) is 29.1. The van der Waals surface area contributed by atoms with Gasteiger partial charge in [0.1, 0.15) is 0 Å². The highest BCUT2D eigenvalue weighted by Crippen LogP contribution is 2.21. The Morgan fingerprint density at radius 1 is 0.741 bits per heavy atom. The lowest BCUT2D eigenvalue weighted by Gasteiger charge is -2.09. The molecule has 0 spiro atoms. The number of allylic oxidation sites excluding steroid dienone is 16. The quantitative estimate of drug-likeness (QED) is 0.765. The van der Waals surface area contributed by atoms with E-state index in [1.54, 1.807) is 6.20 Å². The van der Waals surface area contributed by atoms with Crippen LogP contribution in [0.25, 0.3) is 22.0 Å². The van der Waals surface area contributed by atoms with Gasteiger partial charge >= 0.3 is 0 Å². The molecule has 2 aliphatic carbocycles. The molecule has 3 nitrogen and oxygen atoms in total. The first kappa shape index (κ1) is 16.7. The number of aromatic nitrogens is 2. The molecule has 3 heteroatoms. The summed E-state index contributed by atoms with van der Waals surface area (Å²) in [5, 5.41) is 5.86. The highest BCUT2D eigenvalue weighted by molar-refractivity contribution is 5.87. The second kappa shape index (κ2) is 7.67. The van der Waals surface area contributed by atoms with Crippen LogP contribution in [0, 0.1) is 0 Å². The molecule has 4 rings (SSSR count). The van der Waals surface area contributed by atoms with Crippen molar-refractivity contribution in [2.75, 3.05) is 0 Å². The van der Waals surface area contributed by atoms with Crippen LogP contribution in [-0.2, 0) is 0 Å². The Balaban J connectivity index is 1.78. The summed E-state index contributed by atoms with van der Waals surface area (Å²) in [5.41, 5.74) is 2.74. The van der Waals surface area contributed by atoms with Crippen LogP contribution >= 0.6 is 0 Å². The first-order chi connectivity index (χ1) is 13.3. The molecule has 1 aromatic heterocycles. The zero-order valence-electron chi connectivity index (χ0n) is 14.7. The summed E-state index contributed by atoms with van der Waals surface area (Å²) in [4.78, 5) is 12.9. The zero-order chi connectivity index (χ0) is 18.5. The molecule has 2 aliphatic rings. The van der Waals surface area contributed by atoms with Crippen LogP contribution in [0.4, 0.5) is 0 Å². The summed E-state index contributed by atoms with van der Waals surface area (Å²) < 4.78 is 1.44. The van der Waals surface area contributed by atoms with Crippen LogP contribution in [0.2, 0.25) is 0 Å². The highest BCUT2D eigenvalue weighted by Gasteiger charge is 2.08. The van der Waals surface area contributed by atoms with Gasteiger partial charge in [0.05, 0.1) is 17.3 Å². The topological polar surface area (TPSA) is 34.9 Å². The molecule has 0 radical (unpaired) electrons. The number of hydrogen-bond donors (Lipinski definition) is 0. The van der Waals surface area contributed by atoms with Crippen molar-refractivity contribution in [3.63, 3.8) is 0 Å². The normalized spacial score (nSPS) is 26.8. The van der Waals surface area contributed by atoms with E-state index in [2.05, 4.69) is 17.3 Å². The van der Waals surface area contributed by atoms with Gasteiger partial charge in [-0.05, 0) is 35.4 Å². The maximum atomic E-state index is 12.9. The van der Waals surface area contributed by atoms with Crippen molar-refractivity contribution < 1.29 is 0 Å². The molecule has 1 aromatic carbocycles. The molecule has 0 unspecified atom stereocenters. The van der Waals surface area contributed by atoms with E-state index in [0.717, 1.165) is 22.2 Å². The van der Waals surface area contributed by atoms with Crippen molar-refractivity contribution in [2.45, 2.75) is 0 Å². The van der Waals surface area contributed by atoms with Crippen LogP contribution in [0.3, 0.4) is 0 Å².